The number of carbonyl (C=O) groups is 1. The number of nitrogens with zero attached hydrogens (tertiary/aromatic N) is 4. The molecule has 1 atom stereocenters. The third-order valence-corrected chi connectivity index (χ3v) is 4.76. The summed E-state index contributed by atoms with van der Waals surface area (Å²) >= 11 is 0. The zero-order valence-electron chi connectivity index (χ0n) is 15.1. The smallest absolute Gasteiger partial charge is 0.273 e. The van der Waals surface area contributed by atoms with E-state index in [1.807, 2.05) is 36.4 Å². The highest BCUT2D eigenvalue weighted by molar-refractivity contribution is 5.91. The summed E-state index contributed by atoms with van der Waals surface area (Å²) in [5, 5.41) is 21.6. The van der Waals surface area contributed by atoms with Gasteiger partial charge in [0.1, 0.15) is 0 Å². The van der Waals surface area contributed by atoms with Crippen molar-refractivity contribution in [1.29, 1.82) is 0 Å². The summed E-state index contributed by atoms with van der Waals surface area (Å²) in [7, 11) is 0. The third kappa shape index (κ3) is 4.40. The predicted octanol–water partition coefficient (Wildman–Crippen LogP) is 1.60. The molecule has 1 aliphatic rings. The van der Waals surface area contributed by atoms with Crippen LogP contribution in [0.5, 0.6) is 0 Å². The third-order valence-electron chi connectivity index (χ3n) is 4.76. The van der Waals surface area contributed by atoms with E-state index in [4.69, 9.17) is 0 Å². The molecule has 0 bridgehead atoms. The summed E-state index contributed by atoms with van der Waals surface area (Å²) in [6, 6.07) is 11.8. The summed E-state index contributed by atoms with van der Waals surface area (Å²) in [6.07, 6.45) is 4.08. The molecule has 140 valence electrons. The van der Waals surface area contributed by atoms with E-state index in [-0.39, 0.29) is 5.91 Å². The van der Waals surface area contributed by atoms with Crippen LogP contribution in [0, 0.1) is 5.92 Å². The fourth-order valence-electron chi connectivity index (χ4n) is 3.31. The highest BCUT2D eigenvalue weighted by Gasteiger charge is 2.16. The molecule has 4 rings (SSSR count). The van der Waals surface area contributed by atoms with Crippen molar-refractivity contribution >= 4 is 5.91 Å². The van der Waals surface area contributed by atoms with E-state index in [9.17, 15) is 4.79 Å². The molecule has 2 aromatic heterocycles. The van der Waals surface area contributed by atoms with E-state index >= 15 is 0 Å². The molecule has 8 nitrogen and oxygen atoms in total. The Hall–Kier alpha value is -3.00. The van der Waals surface area contributed by atoms with Gasteiger partial charge >= 0.3 is 0 Å². The van der Waals surface area contributed by atoms with Crippen molar-refractivity contribution in [3.63, 3.8) is 0 Å². The molecule has 27 heavy (non-hydrogen) atoms. The van der Waals surface area contributed by atoms with Crippen LogP contribution in [0.15, 0.2) is 42.6 Å². The number of nitrogens with one attached hydrogen (secondary N) is 3. The van der Waals surface area contributed by atoms with Crippen LogP contribution in [0.2, 0.25) is 0 Å². The molecule has 0 spiro atoms. The molecule has 3 N–H and O–H groups in total. The van der Waals surface area contributed by atoms with Crippen LogP contribution < -0.4 is 10.6 Å². The van der Waals surface area contributed by atoms with Gasteiger partial charge in [0.05, 0.1) is 24.1 Å². The SMILES string of the molecule is O=C(NCc1cc(-c2ccccc2)n[nH]1)c1cn(C[C@@H]2CCCNC2)nn1. The lowest BCUT2D eigenvalue weighted by atomic mass is 10.00. The number of benzene rings is 1. The first-order chi connectivity index (χ1) is 13.3. The zero-order valence-corrected chi connectivity index (χ0v) is 15.1. The van der Waals surface area contributed by atoms with E-state index < -0.39 is 0 Å². The van der Waals surface area contributed by atoms with Crippen molar-refractivity contribution in [1.82, 2.24) is 35.8 Å². The fraction of sp³-hybridized carbons (Fsp3) is 0.368. The molecule has 1 saturated heterocycles. The number of aromatic nitrogens is 5. The van der Waals surface area contributed by atoms with Gasteiger partial charge in [-0.05, 0) is 37.9 Å². The van der Waals surface area contributed by atoms with Crippen molar-refractivity contribution in [3.05, 3.63) is 54.0 Å². The van der Waals surface area contributed by atoms with Crippen LogP contribution in [0.3, 0.4) is 0 Å². The molecule has 1 fully saturated rings. The summed E-state index contributed by atoms with van der Waals surface area (Å²) in [6.45, 7) is 3.22. The number of aromatic amines is 1. The van der Waals surface area contributed by atoms with Crippen molar-refractivity contribution < 1.29 is 4.79 Å². The predicted molar refractivity (Wildman–Crippen MR) is 101 cm³/mol. The maximum absolute atomic E-state index is 12.3. The molecule has 3 aromatic rings. The summed E-state index contributed by atoms with van der Waals surface area (Å²) in [5.41, 5.74) is 3.06. The summed E-state index contributed by atoms with van der Waals surface area (Å²) in [5.74, 6) is 0.302. The quantitative estimate of drug-likeness (QED) is 0.616. The first-order valence-corrected chi connectivity index (χ1v) is 9.27. The molecule has 1 amide bonds. The van der Waals surface area contributed by atoms with E-state index in [0.717, 1.165) is 36.6 Å². The Balaban J connectivity index is 1.31. The second-order valence-electron chi connectivity index (χ2n) is 6.87. The lowest BCUT2D eigenvalue weighted by Gasteiger charge is -2.22. The molecule has 1 aliphatic heterocycles. The van der Waals surface area contributed by atoms with E-state index in [0.29, 0.717) is 18.2 Å². The molecule has 0 aliphatic carbocycles. The number of carbonyl (C=O) groups excluding carboxylic acids is 1. The van der Waals surface area contributed by atoms with Gasteiger partial charge in [-0.15, -0.1) is 5.10 Å². The highest BCUT2D eigenvalue weighted by atomic mass is 16.2. The maximum atomic E-state index is 12.3. The van der Waals surface area contributed by atoms with E-state index in [1.54, 1.807) is 10.9 Å². The van der Waals surface area contributed by atoms with Crippen molar-refractivity contribution in [2.75, 3.05) is 13.1 Å². The van der Waals surface area contributed by atoms with Gasteiger partial charge in [-0.1, -0.05) is 35.5 Å². The number of piperidine rings is 1. The standard InChI is InChI=1S/C19H23N7O/c27-19(18-13-26(25-24-18)12-14-5-4-8-20-10-14)21-11-16-9-17(23-22-16)15-6-2-1-3-7-15/h1-3,6-7,9,13-14,20H,4-5,8,10-12H2,(H,21,27)(H,22,23)/t14-/m1/s1. The van der Waals surface area contributed by atoms with Crippen LogP contribution in [0.1, 0.15) is 29.0 Å². The fourth-order valence-corrected chi connectivity index (χ4v) is 3.31. The first-order valence-electron chi connectivity index (χ1n) is 9.27. The van der Waals surface area contributed by atoms with Gasteiger partial charge in [0.25, 0.3) is 5.91 Å². The molecule has 0 saturated carbocycles. The number of rotatable bonds is 6. The van der Waals surface area contributed by atoms with Gasteiger partial charge < -0.3 is 10.6 Å². The van der Waals surface area contributed by atoms with E-state index in [2.05, 4.69) is 31.1 Å². The Morgan fingerprint density at radius 1 is 1.30 bits per heavy atom. The first kappa shape index (κ1) is 17.4. The van der Waals surface area contributed by atoms with Crippen molar-refractivity contribution in [2.24, 2.45) is 5.92 Å². The lowest BCUT2D eigenvalue weighted by Crippen LogP contribution is -2.32. The van der Waals surface area contributed by atoms with Gasteiger partial charge in [-0.25, -0.2) is 0 Å². The number of H-pyrrole nitrogens is 1. The Kier molecular flexibility index (Phi) is 5.24. The highest BCUT2D eigenvalue weighted by Crippen LogP contribution is 2.16. The van der Waals surface area contributed by atoms with Gasteiger partial charge in [0.2, 0.25) is 0 Å². The van der Waals surface area contributed by atoms with Crippen LogP contribution in [-0.2, 0) is 13.1 Å². The van der Waals surface area contributed by atoms with Crippen molar-refractivity contribution in [2.45, 2.75) is 25.9 Å². The summed E-state index contributed by atoms with van der Waals surface area (Å²) < 4.78 is 1.76. The van der Waals surface area contributed by atoms with E-state index in [1.165, 1.54) is 12.8 Å². The largest absolute Gasteiger partial charge is 0.345 e. The Bertz CT molecular complexity index is 880. The number of hydrogen-bond donors (Lipinski definition) is 3. The van der Waals surface area contributed by atoms with Gasteiger partial charge in [0.15, 0.2) is 5.69 Å². The van der Waals surface area contributed by atoms with Crippen LogP contribution >= 0.6 is 0 Å². The Morgan fingerprint density at radius 3 is 3.00 bits per heavy atom. The lowest BCUT2D eigenvalue weighted by molar-refractivity contribution is 0.0945. The topological polar surface area (TPSA) is 101 Å². The maximum Gasteiger partial charge on any atom is 0.273 e. The zero-order chi connectivity index (χ0) is 18.5. The number of amides is 1. The normalized spacial score (nSPS) is 17.0. The average molecular weight is 365 g/mol. The molecule has 0 unspecified atom stereocenters. The minimum atomic E-state index is -0.237. The minimum absolute atomic E-state index is 0.237. The molecule has 3 heterocycles. The second-order valence-corrected chi connectivity index (χ2v) is 6.87. The molecular formula is C19H23N7O. The number of hydrogen-bond acceptors (Lipinski definition) is 5. The van der Waals surface area contributed by atoms with Gasteiger partial charge in [-0.3, -0.25) is 14.6 Å². The van der Waals surface area contributed by atoms with Gasteiger partial charge in [0, 0.05) is 12.1 Å². The molecule has 1 aromatic carbocycles. The molecule has 0 radical (unpaired) electrons. The average Bonchev–Trinajstić information content (AvgIpc) is 3.37. The van der Waals surface area contributed by atoms with Crippen molar-refractivity contribution in [3.8, 4) is 11.3 Å². The second kappa shape index (κ2) is 8.13. The summed E-state index contributed by atoms with van der Waals surface area (Å²) in [4.78, 5) is 12.3. The van der Waals surface area contributed by atoms with Crippen LogP contribution in [-0.4, -0.2) is 44.2 Å². The van der Waals surface area contributed by atoms with Crippen LogP contribution in [0.25, 0.3) is 11.3 Å². The monoisotopic (exact) mass is 365 g/mol. The minimum Gasteiger partial charge on any atom is -0.345 e. The van der Waals surface area contributed by atoms with Gasteiger partial charge in [-0.2, -0.15) is 5.10 Å². The molecule has 8 heteroatoms. The van der Waals surface area contributed by atoms with Crippen LogP contribution in [0.4, 0.5) is 0 Å². The Labute approximate surface area is 157 Å². The molecular weight excluding hydrogens is 342 g/mol. The Morgan fingerprint density at radius 2 is 2.19 bits per heavy atom.